The van der Waals surface area contributed by atoms with Crippen molar-refractivity contribution in [1.29, 1.82) is 0 Å². The van der Waals surface area contributed by atoms with Crippen LogP contribution in [0.25, 0.3) is 11.4 Å². The molecule has 0 bridgehead atoms. The summed E-state index contributed by atoms with van der Waals surface area (Å²) in [5.74, 6) is 0.849. The zero-order chi connectivity index (χ0) is 15.4. The molecule has 0 amide bonds. The fraction of sp³-hybridized carbons (Fsp3) is 0.412. The van der Waals surface area contributed by atoms with Gasteiger partial charge in [0.1, 0.15) is 5.82 Å². The standard InChI is InChI=1S/C17H22N2O2/c1-4-5-14-16(20)18-15(19-17(14)21)13-8-6-12(7-9-13)10-11(2)3/h6-9,11H,4-5,10H2,1-3H3,(H2,18,19,20,21). The molecule has 0 saturated heterocycles. The summed E-state index contributed by atoms with van der Waals surface area (Å²) in [6.07, 6.45) is 2.34. The fourth-order valence-electron chi connectivity index (χ4n) is 2.37. The summed E-state index contributed by atoms with van der Waals surface area (Å²) in [7, 11) is 0. The number of aromatic amines is 1. The number of benzene rings is 1. The Morgan fingerprint density at radius 1 is 1.24 bits per heavy atom. The van der Waals surface area contributed by atoms with Crippen LogP contribution in [-0.2, 0) is 12.8 Å². The van der Waals surface area contributed by atoms with E-state index in [0.717, 1.165) is 18.4 Å². The minimum absolute atomic E-state index is 0.165. The second-order valence-electron chi connectivity index (χ2n) is 5.76. The van der Waals surface area contributed by atoms with Crippen LogP contribution in [-0.4, -0.2) is 15.1 Å². The molecule has 2 rings (SSSR count). The van der Waals surface area contributed by atoms with Crippen molar-refractivity contribution in [2.75, 3.05) is 0 Å². The zero-order valence-electron chi connectivity index (χ0n) is 12.8. The lowest BCUT2D eigenvalue weighted by molar-refractivity contribution is 0.443. The number of aromatic nitrogens is 2. The topological polar surface area (TPSA) is 66.0 Å². The van der Waals surface area contributed by atoms with E-state index < -0.39 is 0 Å². The van der Waals surface area contributed by atoms with E-state index in [4.69, 9.17) is 0 Å². The van der Waals surface area contributed by atoms with Gasteiger partial charge in [0, 0.05) is 5.56 Å². The molecule has 0 aliphatic carbocycles. The van der Waals surface area contributed by atoms with Gasteiger partial charge in [0.15, 0.2) is 0 Å². The first-order chi connectivity index (χ1) is 10.0. The van der Waals surface area contributed by atoms with E-state index >= 15 is 0 Å². The molecule has 1 heterocycles. The molecule has 1 aromatic heterocycles. The van der Waals surface area contributed by atoms with Crippen LogP contribution in [0.1, 0.15) is 38.3 Å². The van der Waals surface area contributed by atoms with Crippen LogP contribution in [0.5, 0.6) is 5.88 Å². The first-order valence-electron chi connectivity index (χ1n) is 7.42. The van der Waals surface area contributed by atoms with Crippen LogP contribution in [0, 0.1) is 5.92 Å². The fourth-order valence-corrected chi connectivity index (χ4v) is 2.37. The van der Waals surface area contributed by atoms with Crippen LogP contribution >= 0.6 is 0 Å². The minimum atomic E-state index is -0.259. The normalized spacial score (nSPS) is 11.0. The third-order valence-corrected chi connectivity index (χ3v) is 3.36. The maximum Gasteiger partial charge on any atom is 0.258 e. The molecule has 21 heavy (non-hydrogen) atoms. The molecule has 1 aromatic carbocycles. The highest BCUT2D eigenvalue weighted by atomic mass is 16.3. The van der Waals surface area contributed by atoms with Gasteiger partial charge in [0.2, 0.25) is 5.88 Å². The van der Waals surface area contributed by atoms with Crippen molar-refractivity contribution < 1.29 is 5.11 Å². The van der Waals surface area contributed by atoms with Gasteiger partial charge >= 0.3 is 0 Å². The van der Waals surface area contributed by atoms with Crippen molar-refractivity contribution >= 4 is 0 Å². The van der Waals surface area contributed by atoms with E-state index in [0.29, 0.717) is 23.7 Å². The first kappa shape index (κ1) is 15.3. The van der Waals surface area contributed by atoms with Crippen molar-refractivity contribution in [3.05, 3.63) is 45.7 Å². The Morgan fingerprint density at radius 3 is 2.43 bits per heavy atom. The van der Waals surface area contributed by atoms with Gasteiger partial charge in [-0.25, -0.2) is 0 Å². The summed E-state index contributed by atoms with van der Waals surface area (Å²) in [6.45, 7) is 6.31. The number of nitrogens with one attached hydrogen (secondary N) is 1. The number of rotatable bonds is 5. The van der Waals surface area contributed by atoms with Crippen molar-refractivity contribution in [2.24, 2.45) is 5.92 Å². The highest BCUT2D eigenvalue weighted by Gasteiger charge is 2.11. The maximum absolute atomic E-state index is 12.0. The Hall–Kier alpha value is -2.10. The quantitative estimate of drug-likeness (QED) is 0.886. The molecular weight excluding hydrogens is 264 g/mol. The van der Waals surface area contributed by atoms with Crippen LogP contribution < -0.4 is 5.56 Å². The largest absolute Gasteiger partial charge is 0.493 e. The first-order valence-corrected chi connectivity index (χ1v) is 7.42. The average molecular weight is 286 g/mol. The number of aromatic hydroxyl groups is 1. The molecule has 0 saturated carbocycles. The molecule has 0 spiro atoms. The second-order valence-corrected chi connectivity index (χ2v) is 5.76. The van der Waals surface area contributed by atoms with Gasteiger partial charge < -0.3 is 10.1 Å². The summed E-state index contributed by atoms with van der Waals surface area (Å²) >= 11 is 0. The Kier molecular flexibility index (Phi) is 4.78. The van der Waals surface area contributed by atoms with Crippen LogP contribution in [0.15, 0.2) is 29.1 Å². The van der Waals surface area contributed by atoms with E-state index in [1.54, 1.807) is 0 Å². The third kappa shape index (κ3) is 3.72. The van der Waals surface area contributed by atoms with Gasteiger partial charge in [-0.15, -0.1) is 0 Å². The Labute approximate surface area is 124 Å². The number of nitrogens with zero attached hydrogens (tertiary/aromatic N) is 1. The van der Waals surface area contributed by atoms with Crippen LogP contribution in [0.3, 0.4) is 0 Å². The van der Waals surface area contributed by atoms with Crippen LogP contribution in [0.2, 0.25) is 0 Å². The summed E-state index contributed by atoms with van der Waals surface area (Å²) in [5.41, 5.74) is 2.16. The van der Waals surface area contributed by atoms with Gasteiger partial charge in [0.25, 0.3) is 5.56 Å². The molecule has 112 valence electrons. The van der Waals surface area contributed by atoms with E-state index in [9.17, 15) is 9.90 Å². The minimum Gasteiger partial charge on any atom is -0.493 e. The van der Waals surface area contributed by atoms with Crippen molar-refractivity contribution in [3.63, 3.8) is 0 Å². The third-order valence-electron chi connectivity index (χ3n) is 3.36. The molecule has 2 N–H and O–H groups in total. The summed E-state index contributed by atoms with van der Waals surface area (Å²) in [6, 6.07) is 7.92. The highest BCUT2D eigenvalue weighted by molar-refractivity contribution is 5.56. The monoisotopic (exact) mass is 286 g/mol. The van der Waals surface area contributed by atoms with Gasteiger partial charge in [-0.3, -0.25) is 4.79 Å². The Morgan fingerprint density at radius 2 is 1.90 bits per heavy atom. The SMILES string of the molecule is CCCc1c(O)nc(-c2ccc(CC(C)C)cc2)[nH]c1=O. The maximum atomic E-state index is 12.0. The highest BCUT2D eigenvalue weighted by Crippen LogP contribution is 2.20. The molecule has 0 aliphatic heterocycles. The number of hydrogen-bond acceptors (Lipinski definition) is 3. The molecule has 2 aromatic rings. The van der Waals surface area contributed by atoms with Crippen molar-refractivity contribution in [2.45, 2.75) is 40.0 Å². The summed E-state index contributed by atoms with van der Waals surface area (Å²) < 4.78 is 0. The average Bonchev–Trinajstić information content (AvgIpc) is 2.43. The predicted molar refractivity (Wildman–Crippen MR) is 84.5 cm³/mol. The molecule has 0 aliphatic rings. The molecule has 0 atom stereocenters. The molecule has 0 fully saturated rings. The second kappa shape index (κ2) is 6.57. The molecule has 0 radical (unpaired) electrons. The van der Waals surface area contributed by atoms with Gasteiger partial charge in [0.05, 0.1) is 5.56 Å². The molecule has 0 unspecified atom stereocenters. The smallest absolute Gasteiger partial charge is 0.258 e. The summed E-state index contributed by atoms with van der Waals surface area (Å²) in [4.78, 5) is 18.8. The lowest BCUT2D eigenvalue weighted by atomic mass is 10.0. The van der Waals surface area contributed by atoms with E-state index in [-0.39, 0.29) is 11.4 Å². The van der Waals surface area contributed by atoms with Crippen LogP contribution in [0.4, 0.5) is 0 Å². The number of H-pyrrole nitrogens is 1. The lowest BCUT2D eigenvalue weighted by Crippen LogP contribution is -2.15. The van der Waals surface area contributed by atoms with Gasteiger partial charge in [-0.2, -0.15) is 4.98 Å². The Bertz CT molecular complexity index is 657. The van der Waals surface area contributed by atoms with E-state index in [2.05, 4.69) is 23.8 Å². The molecule has 4 heteroatoms. The number of hydrogen-bond donors (Lipinski definition) is 2. The summed E-state index contributed by atoms with van der Waals surface area (Å²) in [5, 5.41) is 9.91. The van der Waals surface area contributed by atoms with E-state index in [1.165, 1.54) is 5.56 Å². The van der Waals surface area contributed by atoms with Gasteiger partial charge in [-0.1, -0.05) is 51.5 Å². The molecule has 4 nitrogen and oxygen atoms in total. The zero-order valence-corrected chi connectivity index (χ0v) is 12.8. The predicted octanol–water partition coefficient (Wildman–Crippen LogP) is 3.29. The Balaban J connectivity index is 2.32. The molecular formula is C17H22N2O2. The van der Waals surface area contributed by atoms with Gasteiger partial charge in [-0.05, 0) is 24.3 Å². The lowest BCUT2D eigenvalue weighted by Gasteiger charge is -2.08. The van der Waals surface area contributed by atoms with Crippen molar-refractivity contribution in [1.82, 2.24) is 9.97 Å². The van der Waals surface area contributed by atoms with E-state index in [1.807, 2.05) is 31.2 Å². The van der Waals surface area contributed by atoms with Crippen molar-refractivity contribution in [3.8, 4) is 17.3 Å².